The molecule has 25 heavy (non-hydrogen) atoms. The molecule has 0 atom stereocenters. The fourth-order valence-electron chi connectivity index (χ4n) is 2.72. The molecule has 1 aromatic heterocycles. The number of hydrogen-bond donors (Lipinski definition) is 1. The summed E-state index contributed by atoms with van der Waals surface area (Å²) < 4.78 is 19.4. The number of halogens is 1. The lowest BCUT2D eigenvalue weighted by atomic mass is 10.2. The molecule has 2 aromatic carbocycles. The van der Waals surface area contributed by atoms with Crippen LogP contribution < -0.4 is 10.1 Å². The van der Waals surface area contributed by atoms with Crippen molar-refractivity contribution in [2.75, 3.05) is 18.4 Å². The van der Waals surface area contributed by atoms with Crippen molar-refractivity contribution in [3.05, 3.63) is 66.5 Å². The third-order valence-electron chi connectivity index (χ3n) is 4.11. The van der Waals surface area contributed by atoms with Gasteiger partial charge in [-0.2, -0.15) is 0 Å². The monoisotopic (exact) mass is 337 g/mol. The van der Waals surface area contributed by atoms with Crippen molar-refractivity contribution < 1.29 is 13.9 Å². The molecule has 1 aliphatic heterocycles. The van der Waals surface area contributed by atoms with Crippen molar-refractivity contribution >= 4 is 22.6 Å². The summed E-state index contributed by atoms with van der Waals surface area (Å²) in [5, 5.41) is 3.61. The highest BCUT2D eigenvalue weighted by atomic mass is 19.1. The van der Waals surface area contributed by atoms with Crippen molar-refractivity contribution in [3.8, 4) is 5.88 Å². The second-order valence-corrected chi connectivity index (χ2v) is 5.90. The first kappa shape index (κ1) is 15.4. The number of rotatable bonds is 3. The van der Waals surface area contributed by atoms with Crippen molar-refractivity contribution in [2.45, 2.75) is 6.10 Å². The van der Waals surface area contributed by atoms with Gasteiger partial charge in [0, 0.05) is 11.5 Å². The second-order valence-electron chi connectivity index (χ2n) is 5.90. The van der Waals surface area contributed by atoms with Crippen molar-refractivity contribution in [1.29, 1.82) is 0 Å². The van der Waals surface area contributed by atoms with Gasteiger partial charge in [0.05, 0.1) is 24.3 Å². The standard InChI is InChI=1S/C19H16FN3O2/c20-15-6-2-4-8-17(15)22-19(24)23-11-14(12-23)25-18-10-9-13-5-1-3-7-16(13)21-18/h1-10,14H,11-12H2,(H,22,24). The van der Waals surface area contributed by atoms with Gasteiger partial charge in [0.1, 0.15) is 11.9 Å². The molecule has 0 saturated carbocycles. The number of nitrogens with zero attached hydrogens (tertiary/aromatic N) is 2. The third kappa shape index (κ3) is 3.24. The number of fused-ring (bicyclic) bond motifs is 1. The van der Waals surface area contributed by atoms with Crippen LogP contribution in [-0.4, -0.2) is 35.1 Å². The molecule has 1 N–H and O–H groups in total. The molecule has 1 fully saturated rings. The van der Waals surface area contributed by atoms with Gasteiger partial charge in [-0.15, -0.1) is 0 Å². The number of anilines is 1. The van der Waals surface area contributed by atoms with E-state index < -0.39 is 5.82 Å². The van der Waals surface area contributed by atoms with E-state index in [2.05, 4.69) is 10.3 Å². The number of urea groups is 1. The zero-order valence-electron chi connectivity index (χ0n) is 13.4. The van der Waals surface area contributed by atoms with Gasteiger partial charge in [0.2, 0.25) is 5.88 Å². The molecule has 3 aromatic rings. The average Bonchev–Trinajstić information content (AvgIpc) is 2.59. The number of para-hydroxylation sites is 2. The second kappa shape index (κ2) is 6.39. The first-order valence-electron chi connectivity index (χ1n) is 8.02. The van der Waals surface area contributed by atoms with Gasteiger partial charge in [0.25, 0.3) is 0 Å². The summed E-state index contributed by atoms with van der Waals surface area (Å²) in [5.41, 5.74) is 1.04. The Balaban J connectivity index is 1.33. The maximum Gasteiger partial charge on any atom is 0.322 e. The molecule has 126 valence electrons. The predicted octanol–water partition coefficient (Wildman–Crippen LogP) is 3.67. The molecular weight excluding hydrogens is 321 g/mol. The highest BCUT2D eigenvalue weighted by molar-refractivity contribution is 5.90. The highest BCUT2D eigenvalue weighted by Gasteiger charge is 2.32. The number of carbonyl (C=O) groups excluding carboxylic acids is 1. The van der Waals surface area contributed by atoms with E-state index in [1.807, 2.05) is 36.4 Å². The molecule has 2 heterocycles. The van der Waals surface area contributed by atoms with Gasteiger partial charge in [-0.05, 0) is 24.3 Å². The molecule has 2 amide bonds. The van der Waals surface area contributed by atoms with Gasteiger partial charge in [-0.3, -0.25) is 0 Å². The Morgan fingerprint density at radius 1 is 1.08 bits per heavy atom. The zero-order valence-corrected chi connectivity index (χ0v) is 13.4. The summed E-state index contributed by atoms with van der Waals surface area (Å²) in [4.78, 5) is 18.1. The van der Waals surface area contributed by atoms with E-state index in [-0.39, 0.29) is 17.8 Å². The minimum absolute atomic E-state index is 0.111. The van der Waals surface area contributed by atoms with Crippen LogP contribution in [0.3, 0.4) is 0 Å². The Morgan fingerprint density at radius 3 is 2.68 bits per heavy atom. The van der Waals surface area contributed by atoms with Crippen LogP contribution in [0.25, 0.3) is 10.9 Å². The molecule has 1 saturated heterocycles. The summed E-state index contributed by atoms with van der Waals surface area (Å²) >= 11 is 0. The normalized spacial score (nSPS) is 14.2. The average molecular weight is 337 g/mol. The topological polar surface area (TPSA) is 54.5 Å². The maximum absolute atomic E-state index is 13.6. The minimum atomic E-state index is -0.454. The quantitative estimate of drug-likeness (QED) is 0.793. The summed E-state index contributed by atoms with van der Waals surface area (Å²) in [6.07, 6.45) is -0.111. The van der Waals surface area contributed by atoms with Crippen molar-refractivity contribution in [1.82, 2.24) is 9.88 Å². The SMILES string of the molecule is O=C(Nc1ccccc1F)N1CC(Oc2ccc3ccccc3n2)C1. The molecule has 1 aliphatic rings. The number of amides is 2. The molecule has 0 unspecified atom stereocenters. The Morgan fingerprint density at radius 2 is 1.84 bits per heavy atom. The Hall–Kier alpha value is -3.15. The number of hydrogen-bond acceptors (Lipinski definition) is 3. The van der Waals surface area contributed by atoms with E-state index in [1.165, 1.54) is 12.1 Å². The van der Waals surface area contributed by atoms with Crippen LogP contribution in [0.4, 0.5) is 14.9 Å². The Kier molecular flexibility index (Phi) is 3.93. The van der Waals surface area contributed by atoms with E-state index in [0.29, 0.717) is 19.0 Å². The predicted molar refractivity (Wildman–Crippen MR) is 93.2 cm³/mol. The number of nitrogens with one attached hydrogen (secondary N) is 1. The van der Waals surface area contributed by atoms with Crippen LogP contribution in [0.2, 0.25) is 0 Å². The number of carbonyl (C=O) groups is 1. The van der Waals surface area contributed by atoms with Gasteiger partial charge in [-0.25, -0.2) is 14.2 Å². The summed E-state index contributed by atoms with van der Waals surface area (Å²) in [6, 6.07) is 17.3. The van der Waals surface area contributed by atoms with Gasteiger partial charge in [-0.1, -0.05) is 30.3 Å². The highest BCUT2D eigenvalue weighted by Crippen LogP contribution is 2.21. The van der Waals surface area contributed by atoms with E-state index >= 15 is 0 Å². The Labute approximate surface area is 144 Å². The van der Waals surface area contributed by atoms with Crippen LogP contribution in [0, 0.1) is 5.82 Å². The largest absolute Gasteiger partial charge is 0.471 e. The van der Waals surface area contributed by atoms with Crippen LogP contribution in [0.15, 0.2) is 60.7 Å². The molecule has 0 aliphatic carbocycles. The minimum Gasteiger partial charge on any atom is -0.471 e. The van der Waals surface area contributed by atoms with Gasteiger partial charge in [0.15, 0.2) is 0 Å². The molecule has 0 radical (unpaired) electrons. The lowest BCUT2D eigenvalue weighted by Gasteiger charge is -2.38. The first-order chi connectivity index (χ1) is 12.2. The smallest absolute Gasteiger partial charge is 0.322 e. The summed E-state index contributed by atoms with van der Waals surface area (Å²) in [6.45, 7) is 0.879. The molecule has 4 rings (SSSR count). The van der Waals surface area contributed by atoms with Crippen LogP contribution in [-0.2, 0) is 0 Å². The third-order valence-corrected chi connectivity index (χ3v) is 4.11. The lowest BCUT2D eigenvalue weighted by molar-refractivity contribution is 0.0463. The van der Waals surface area contributed by atoms with Crippen LogP contribution in [0.5, 0.6) is 5.88 Å². The number of likely N-dealkylation sites (tertiary alicyclic amines) is 1. The zero-order chi connectivity index (χ0) is 17.2. The summed E-state index contributed by atoms with van der Waals surface area (Å²) in [5.74, 6) is 0.0856. The van der Waals surface area contributed by atoms with E-state index in [4.69, 9.17) is 4.74 Å². The fraction of sp³-hybridized carbons (Fsp3) is 0.158. The van der Waals surface area contributed by atoms with Crippen LogP contribution in [0.1, 0.15) is 0 Å². The lowest BCUT2D eigenvalue weighted by Crippen LogP contribution is -2.57. The Bertz CT molecular complexity index is 925. The molecule has 0 bridgehead atoms. The van der Waals surface area contributed by atoms with Gasteiger partial charge < -0.3 is 15.0 Å². The number of ether oxygens (including phenoxy) is 1. The van der Waals surface area contributed by atoms with Crippen molar-refractivity contribution in [3.63, 3.8) is 0 Å². The van der Waals surface area contributed by atoms with Crippen LogP contribution >= 0.6 is 0 Å². The number of aromatic nitrogens is 1. The van der Waals surface area contributed by atoms with Crippen molar-refractivity contribution in [2.24, 2.45) is 0 Å². The molecule has 5 nitrogen and oxygen atoms in total. The van der Waals surface area contributed by atoms with Gasteiger partial charge >= 0.3 is 6.03 Å². The molecular formula is C19H16FN3O2. The molecule has 0 spiro atoms. The number of benzene rings is 2. The fourth-order valence-corrected chi connectivity index (χ4v) is 2.72. The maximum atomic E-state index is 13.6. The molecule has 6 heteroatoms. The number of pyridine rings is 1. The van der Waals surface area contributed by atoms with E-state index in [0.717, 1.165) is 10.9 Å². The van der Waals surface area contributed by atoms with E-state index in [1.54, 1.807) is 17.0 Å². The first-order valence-corrected chi connectivity index (χ1v) is 8.02. The summed E-state index contributed by atoms with van der Waals surface area (Å²) in [7, 11) is 0. The van der Waals surface area contributed by atoms with E-state index in [9.17, 15) is 9.18 Å².